The van der Waals surface area contributed by atoms with E-state index >= 15 is 0 Å². The number of carbonyl (C=O) groups is 2. The Bertz CT molecular complexity index is 1510. The van der Waals surface area contributed by atoms with E-state index < -0.39 is 12.1 Å². The molecule has 39 heavy (non-hydrogen) atoms. The lowest BCUT2D eigenvalue weighted by atomic mass is 10.1. The minimum Gasteiger partial charge on any atom is -0.494 e. The molecule has 0 atom stereocenters. The molecular weight excluding hydrogens is 519 g/mol. The Hall–Kier alpha value is -4.68. The second-order valence-electron chi connectivity index (χ2n) is 8.72. The van der Waals surface area contributed by atoms with Crippen molar-refractivity contribution >= 4 is 28.5 Å². The number of aryl methyl sites for hydroxylation is 2. The third-order valence-corrected chi connectivity index (χ3v) is 5.49. The van der Waals surface area contributed by atoms with Gasteiger partial charge in [0.05, 0.1) is 18.7 Å². The van der Waals surface area contributed by atoms with Crippen LogP contribution in [0.3, 0.4) is 0 Å². The van der Waals surface area contributed by atoms with Crippen LogP contribution in [0.25, 0.3) is 22.0 Å². The molecule has 0 saturated heterocycles. The van der Waals surface area contributed by atoms with Crippen molar-refractivity contribution in [2.24, 2.45) is 5.92 Å². The lowest BCUT2D eigenvalue weighted by Crippen LogP contribution is -2.21. The van der Waals surface area contributed by atoms with E-state index in [1.165, 1.54) is 0 Å². The molecule has 4 rings (SSSR count). The average Bonchev–Trinajstić information content (AvgIpc) is 3.42. The SMILES string of the molecule is COc1cc(-c2cn[nH]c2)cc2c(=O)[nH]c(CCc3cccc(NC(=O)C(C)C)c3)nc12.O=C(O)C(F)(F)F. The Labute approximate surface area is 220 Å². The number of aromatic nitrogens is 4. The zero-order chi connectivity index (χ0) is 28.7. The van der Waals surface area contributed by atoms with Crippen LogP contribution < -0.4 is 15.6 Å². The summed E-state index contributed by atoms with van der Waals surface area (Å²) in [7, 11) is 1.56. The van der Waals surface area contributed by atoms with Crippen molar-refractivity contribution in [2.45, 2.75) is 32.9 Å². The van der Waals surface area contributed by atoms with Crippen molar-refractivity contribution in [2.75, 3.05) is 12.4 Å². The molecule has 0 aliphatic heterocycles. The van der Waals surface area contributed by atoms with Crippen molar-refractivity contribution in [3.63, 3.8) is 0 Å². The highest BCUT2D eigenvalue weighted by Gasteiger charge is 2.38. The van der Waals surface area contributed by atoms with Crippen LogP contribution in [0.4, 0.5) is 18.9 Å². The van der Waals surface area contributed by atoms with Crippen LogP contribution in [0.2, 0.25) is 0 Å². The number of amides is 1. The molecule has 10 nitrogen and oxygen atoms in total. The number of aromatic amines is 2. The second-order valence-corrected chi connectivity index (χ2v) is 8.72. The Morgan fingerprint density at radius 3 is 2.44 bits per heavy atom. The van der Waals surface area contributed by atoms with Crippen molar-refractivity contribution in [1.82, 2.24) is 20.2 Å². The summed E-state index contributed by atoms with van der Waals surface area (Å²) in [4.78, 5) is 41.2. The Morgan fingerprint density at radius 1 is 1.13 bits per heavy atom. The first kappa shape index (κ1) is 28.9. The van der Waals surface area contributed by atoms with E-state index in [1.807, 2.05) is 44.2 Å². The predicted molar refractivity (Wildman–Crippen MR) is 138 cm³/mol. The highest BCUT2D eigenvalue weighted by molar-refractivity contribution is 5.92. The van der Waals surface area contributed by atoms with Gasteiger partial charge in [-0.2, -0.15) is 18.3 Å². The van der Waals surface area contributed by atoms with Gasteiger partial charge in [0.25, 0.3) is 5.56 Å². The summed E-state index contributed by atoms with van der Waals surface area (Å²) in [5.41, 5.74) is 3.79. The molecule has 0 fully saturated rings. The topological polar surface area (TPSA) is 150 Å². The summed E-state index contributed by atoms with van der Waals surface area (Å²) >= 11 is 0. The van der Waals surface area contributed by atoms with Crippen LogP contribution >= 0.6 is 0 Å². The van der Waals surface area contributed by atoms with Gasteiger partial charge in [0, 0.05) is 29.8 Å². The van der Waals surface area contributed by atoms with Crippen LogP contribution in [0, 0.1) is 5.92 Å². The zero-order valence-electron chi connectivity index (χ0n) is 21.2. The van der Waals surface area contributed by atoms with Crippen LogP contribution in [0.15, 0.2) is 53.6 Å². The van der Waals surface area contributed by atoms with E-state index in [4.69, 9.17) is 14.6 Å². The molecule has 1 amide bonds. The first-order valence-corrected chi connectivity index (χ1v) is 11.7. The van der Waals surface area contributed by atoms with E-state index in [-0.39, 0.29) is 17.4 Å². The molecule has 0 aliphatic rings. The van der Waals surface area contributed by atoms with Crippen molar-refractivity contribution in [3.05, 3.63) is 70.5 Å². The number of aliphatic carboxylic acids is 1. The molecule has 0 radical (unpaired) electrons. The van der Waals surface area contributed by atoms with Gasteiger partial charge >= 0.3 is 12.1 Å². The Balaban J connectivity index is 0.000000532. The van der Waals surface area contributed by atoms with Crippen molar-refractivity contribution < 1.29 is 32.6 Å². The number of anilines is 1. The fraction of sp³-hybridized carbons (Fsp3) is 0.269. The van der Waals surface area contributed by atoms with Gasteiger partial charge in [0.2, 0.25) is 5.91 Å². The number of ether oxygens (including phenoxy) is 1. The van der Waals surface area contributed by atoms with E-state index in [9.17, 15) is 22.8 Å². The van der Waals surface area contributed by atoms with Gasteiger partial charge in [-0.15, -0.1) is 0 Å². The highest BCUT2D eigenvalue weighted by Crippen LogP contribution is 2.29. The van der Waals surface area contributed by atoms with Crippen LogP contribution in [0.5, 0.6) is 5.75 Å². The number of nitrogens with one attached hydrogen (secondary N) is 3. The number of H-pyrrole nitrogens is 2. The number of carboxylic acid groups (broad SMARTS) is 1. The lowest BCUT2D eigenvalue weighted by molar-refractivity contribution is -0.192. The predicted octanol–water partition coefficient (Wildman–Crippen LogP) is 4.33. The maximum atomic E-state index is 12.8. The van der Waals surface area contributed by atoms with Crippen molar-refractivity contribution in [3.8, 4) is 16.9 Å². The van der Waals surface area contributed by atoms with Crippen LogP contribution in [-0.2, 0) is 22.4 Å². The van der Waals surface area contributed by atoms with Gasteiger partial charge in [-0.25, -0.2) is 9.78 Å². The number of nitrogens with zero attached hydrogens (tertiary/aromatic N) is 2. The largest absolute Gasteiger partial charge is 0.494 e. The standard InChI is InChI=1S/C24H25N5O3.C2HF3O2/c1-14(2)23(30)27-18-6-4-5-15(9-18)7-8-21-28-22-19(24(31)29-21)10-16(11-20(22)32-3)17-12-25-26-13-17;3-2(4,5)1(6)7/h4-6,9-14H,7-8H2,1-3H3,(H,25,26)(H,27,30)(H,28,29,31);(H,6,7). The van der Waals surface area contributed by atoms with E-state index in [1.54, 1.807) is 25.6 Å². The molecule has 2 heterocycles. The number of benzene rings is 2. The summed E-state index contributed by atoms with van der Waals surface area (Å²) in [5.74, 6) is -1.76. The summed E-state index contributed by atoms with van der Waals surface area (Å²) in [6.45, 7) is 3.71. The first-order valence-electron chi connectivity index (χ1n) is 11.7. The zero-order valence-corrected chi connectivity index (χ0v) is 21.2. The van der Waals surface area contributed by atoms with E-state index in [0.29, 0.717) is 35.3 Å². The third kappa shape index (κ3) is 7.66. The second kappa shape index (κ2) is 12.2. The molecule has 4 N–H and O–H groups in total. The molecule has 0 spiro atoms. The highest BCUT2D eigenvalue weighted by atomic mass is 19.4. The first-order chi connectivity index (χ1) is 18.4. The van der Waals surface area contributed by atoms with Gasteiger partial charge in [-0.05, 0) is 41.8 Å². The Morgan fingerprint density at radius 2 is 1.85 bits per heavy atom. The molecule has 0 bridgehead atoms. The fourth-order valence-electron chi connectivity index (χ4n) is 3.46. The van der Waals surface area contributed by atoms with Crippen molar-refractivity contribution in [1.29, 1.82) is 0 Å². The van der Waals surface area contributed by atoms with Gasteiger partial charge in [-0.1, -0.05) is 26.0 Å². The number of carboxylic acids is 1. The number of methoxy groups -OCH3 is 1. The number of hydrogen-bond donors (Lipinski definition) is 4. The molecule has 4 aromatic rings. The minimum absolute atomic E-state index is 0.0236. The molecule has 2 aromatic heterocycles. The van der Waals surface area contributed by atoms with Crippen LogP contribution in [0.1, 0.15) is 25.2 Å². The third-order valence-electron chi connectivity index (χ3n) is 5.49. The molecule has 0 aliphatic carbocycles. The number of fused-ring (bicyclic) bond motifs is 1. The molecule has 206 valence electrons. The van der Waals surface area contributed by atoms with E-state index in [0.717, 1.165) is 22.4 Å². The maximum Gasteiger partial charge on any atom is 0.490 e. The molecule has 0 saturated carbocycles. The summed E-state index contributed by atoms with van der Waals surface area (Å²) in [5, 5.41) is 17.2. The van der Waals surface area contributed by atoms with Crippen LogP contribution in [-0.4, -0.2) is 50.4 Å². The molecular formula is C26H26F3N5O5. The summed E-state index contributed by atoms with van der Waals surface area (Å²) in [6, 6.07) is 11.3. The number of halogens is 3. The Kier molecular flexibility index (Phi) is 9.07. The smallest absolute Gasteiger partial charge is 0.490 e. The van der Waals surface area contributed by atoms with Gasteiger partial charge in [-0.3, -0.25) is 14.7 Å². The molecule has 2 aromatic carbocycles. The monoisotopic (exact) mass is 545 g/mol. The summed E-state index contributed by atoms with van der Waals surface area (Å²) in [6.07, 6.45) is -0.433. The van der Waals surface area contributed by atoms with Gasteiger partial charge in [0.15, 0.2) is 0 Å². The van der Waals surface area contributed by atoms with E-state index in [2.05, 4.69) is 25.5 Å². The quantitative estimate of drug-likeness (QED) is 0.270. The number of rotatable bonds is 7. The molecule has 13 heteroatoms. The molecule has 0 unspecified atom stereocenters. The fourth-order valence-corrected chi connectivity index (χ4v) is 3.46. The van der Waals surface area contributed by atoms with Gasteiger partial charge in [0.1, 0.15) is 17.1 Å². The maximum absolute atomic E-state index is 12.8. The average molecular weight is 546 g/mol. The van der Waals surface area contributed by atoms with Gasteiger partial charge < -0.3 is 20.1 Å². The number of alkyl halides is 3. The number of hydrogen-bond acceptors (Lipinski definition) is 6. The minimum atomic E-state index is -5.08. The summed E-state index contributed by atoms with van der Waals surface area (Å²) < 4.78 is 37.3. The normalized spacial score (nSPS) is 11.2. The number of carbonyl (C=O) groups excluding carboxylic acids is 1. The lowest BCUT2D eigenvalue weighted by Gasteiger charge is -2.10.